The first-order chi connectivity index (χ1) is 11.4. The summed E-state index contributed by atoms with van der Waals surface area (Å²) in [6, 6.07) is 4.38. The summed E-state index contributed by atoms with van der Waals surface area (Å²) in [5.74, 6) is -1.13. The van der Waals surface area contributed by atoms with Crippen LogP contribution < -0.4 is 5.32 Å². The van der Waals surface area contributed by atoms with Crippen molar-refractivity contribution >= 4 is 40.7 Å². The van der Waals surface area contributed by atoms with Gasteiger partial charge in [-0.2, -0.15) is 5.10 Å². The van der Waals surface area contributed by atoms with Crippen LogP contribution in [-0.4, -0.2) is 35.3 Å². The van der Waals surface area contributed by atoms with Crippen LogP contribution in [0, 0.1) is 17.0 Å². The van der Waals surface area contributed by atoms with Gasteiger partial charge in [0.2, 0.25) is 0 Å². The van der Waals surface area contributed by atoms with Gasteiger partial charge in [-0.15, -0.1) is 5.10 Å². The van der Waals surface area contributed by atoms with Gasteiger partial charge in [0.25, 0.3) is 11.6 Å². The summed E-state index contributed by atoms with van der Waals surface area (Å²) in [6.07, 6.45) is 2.40. The van der Waals surface area contributed by atoms with E-state index in [4.69, 9.17) is 0 Å². The number of methoxy groups -OCH3 is 1. The van der Waals surface area contributed by atoms with E-state index in [1.807, 2.05) is 0 Å². The Morgan fingerprint density at radius 3 is 2.88 bits per heavy atom. The number of thioether (sulfide) groups is 1. The first kappa shape index (κ1) is 17.3. The molecule has 0 bridgehead atoms. The monoisotopic (exact) mass is 348 g/mol. The van der Waals surface area contributed by atoms with E-state index in [1.54, 1.807) is 13.0 Å². The number of carbonyl (C=O) groups is 2. The molecule has 1 aliphatic rings. The van der Waals surface area contributed by atoms with Gasteiger partial charge in [0.1, 0.15) is 0 Å². The molecule has 1 aromatic rings. The second kappa shape index (κ2) is 7.51. The van der Waals surface area contributed by atoms with Crippen LogP contribution in [0.1, 0.15) is 11.1 Å². The SMILES string of the molecule is COC(=O)/C=C1/S/C(=N\N=Cc2cc([N+](=O)[O-])ccc2C)NC1=O. The Hall–Kier alpha value is -3.01. The van der Waals surface area contributed by atoms with Crippen LogP contribution in [0.15, 0.2) is 39.4 Å². The Morgan fingerprint density at radius 1 is 1.46 bits per heavy atom. The molecule has 0 radical (unpaired) electrons. The number of nitro benzene ring substituents is 1. The Labute approximate surface area is 140 Å². The van der Waals surface area contributed by atoms with Crippen molar-refractivity contribution < 1.29 is 19.2 Å². The second-order valence-electron chi connectivity index (χ2n) is 4.54. The lowest BCUT2D eigenvalue weighted by atomic mass is 10.1. The van der Waals surface area contributed by atoms with Gasteiger partial charge in [-0.05, 0) is 24.2 Å². The maximum Gasteiger partial charge on any atom is 0.331 e. The van der Waals surface area contributed by atoms with E-state index in [0.717, 1.165) is 23.4 Å². The number of non-ortho nitro benzene ring substituents is 1. The van der Waals surface area contributed by atoms with Crippen molar-refractivity contribution in [3.05, 3.63) is 50.4 Å². The lowest BCUT2D eigenvalue weighted by Gasteiger charge is -1.98. The number of nitrogens with zero attached hydrogens (tertiary/aromatic N) is 3. The summed E-state index contributed by atoms with van der Waals surface area (Å²) in [5.41, 5.74) is 1.27. The van der Waals surface area contributed by atoms with E-state index >= 15 is 0 Å². The fraction of sp³-hybridized carbons (Fsp3) is 0.143. The van der Waals surface area contributed by atoms with E-state index in [2.05, 4.69) is 20.3 Å². The molecule has 0 aromatic heterocycles. The van der Waals surface area contributed by atoms with Gasteiger partial charge < -0.3 is 4.74 Å². The van der Waals surface area contributed by atoms with Crippen LogP contribution in [-0.2, 0) is 14.3 Å². The third kappa shape index (κ3) is 4.26. The van der Waals surface area contributed by atoms with Gasteiger partial charge in [-0.25, -0.2) is 4.79 Å². The van der Waals surface area contributed by atoms with Gasteiger partial charge in [0.15, 0.2) is 5.17 Å². The molecule has 0 atom stereocenters. The van der Waals surface area contributed by atoms with Crippen LogP contribution in [0.25, 0.3) is 0 Å². The van der Waals surface area contributed by atoms with Crippen molar-refractivity contribution in [2.24, 2.45) is 10.2 Å². The number of nitro groups is 1. The third-order valence-electron chi connectivity index (χ3n) is 2.92. The Balaban J connectivity index is 2.14. The number of ether oxygens (including phenoxy) is 1. The number of amidine groups is 1. The molecule has 10 heteroatoms. The second-order valence-corrected chi connectivity index (χ2v) is 5.57. The highest BCUT2D eigenvalue weighted by Crippen LogP contribution is 2.23. The van der Waals surface area contributed by atoms with Gasteiger partial charge in [0.05, 0.1) is 23.2 Å². The summed E-state index contributed by atoms with van der Waals surface area (Å²) >= 11 is 0.937. The first-order valence-corrected chi connectivity index (χ1v) is 7.37. The zero-order chi connectivity index (χ0) is 17.7. The molecule has 0 saturated carbocycles. The molecule has 124 valence electrons. The van der Waals surface area contributed by atoms with E-state index < -0.39 is 16.8 Å². The first-order valence-electron chi connectivity index (χ1n) is 6.55. The standard InChI is InChI=1S/C14H12N4O5S/c1-8-3-4-10(18(21)22)5-9(8)7-15-17-14-16-13(20)11(24-14)6-12(19)23-2/h3-7H,1-2H3,(H,16,17,20)/b11-6+,15-7?. The highest BCUT2D eigenvalue weighted by Gasteiger charge is 2.25. The molecule has 0 aliphatic carbocycles. The Morgan fingerprint density at radius 2 is 2.21 bits per heavy atom. The van der Waals surface area contributed by atoms with E-state index in [9.17, 15) is 19.7 Å². The van der Waals surface area contributed by atoms with Crippen LogP contribution in [0.5, 0.6) is 0 Å². The molecule has 1 saturated heterocycles. The van der Waals surface area contributed by atoms with Crippen LogP contribution >= 0.6 is 11.8 Å². The molecule has 1 fully saturated rings. The lowest BCUT2D eigenvalue weighted by molar-refractivity contribution is -0.384. The minimum atomic E-state index is -0.648. The van der Waals surface area contributed by atoms with Gasteiger partial charge in [0, 0.05) is 23.8 Å². The molecule has 9 nitrogen and oxygen atoms in total. The van der Waals surface area contributed by atoms with E-state index in [-0.39, 0.29) is 15.8 Å². The number of nitrogens with one attached hydrogen (secondary N) is 1. The Kier molecular flexibility index (Phi) is 5.42. The maximum absolute atomic E-state index is 11.6. The third-order valence-corrected chi connectivity index (χ3v) is 3.82. The molecule has 1 aromatic carbocycles. The van der Waals surface area contributed by atoms with E-state index in [1.165, 1.54) is 25.5 Å². The lowest BCUT2D eigenvalue weighted by Crippen LogP contribution is -2.19. The van der Waals surface area contributed by atoms with Gasteiger partial charge in [-0.3, -0.25) is 20.2 Å². The van der Waals surface area contributed by atoms with Crippen molar-refractivity contribution in [3.63, 3.8) is 0 Å². The predicted molar refractivity (Wildman–Crippen MR) is 88.7 cm³/mol. The van der Waals surface area contributed by atoms with Gasteiger partial charge >= 0.3 is 5.97 Å². The van der Waals surface area contributed by atoms with Crippen molar-refractivity contribution in [1.82, 2.24) is 5.32 Å². The normalized spacial score (nSPS) is 17.5. The largest absolute Gasteiger partial charge is 0.466 e. The van der Waals surface area contributed by atoms with Crippen LogP contribution in [0.4, 0.5) is 5.69 Å². The van der Waals surface area contributed by atoms with Crippen LogP contribution in [0.3, 0.4) is 0 Å². The smallest absolute Gasteiger partial charge is 0.331 e. The summed E-state index contributed by atoms with van der Waals surface area (Å²) in [7, 11) is 1.21. The number of hydrogen-bond donors (Lipinski definition) is 1. The quantitative estimate of drug-likeness (QED) is 0.289. The average molecular weight is 348 g/mol. The van der Waals surface area contributed by atoms with Crippen molar-refractivity contribution in [3.8, 4) is 0 Å². The molecular weight excluding hydrogens is 336 g/mol. The molecule has 1 N–H and O–H groups in total. The summed E-state index contributed by atoms with van der Waals surface area (Å²) in [6.45, 7) is 1.78. The number of amides is 1. The van der Waals surface area contributed by atoms with Crippen molar-refractivity contribution in [2.75, 3.05) is 7.11 Å². The minimum absolute atomic E-state index is 0.0541. The highest BCUT2D eigenvalue weighted by atomic mass is 32.2. The molecule has 1 aliphatic heterocycles. The molecule has 24 heavy (non-hydrogen) atoms. The van der Waals surface area contributed by atoms with Crippen LogP contribution in [0.2, 0.25) is 0 Å². The molecule has 1 heterocycles. The topological polar surface area (TPSA) is 123 Å². The molecule has 2 rings (SSSR count). The number of esters is 1. The fourth-order valence-electron chi connectivity index (χ4n) is 1.67. The Bertz CT molecular complexity index is 800. The average Bonchev–Trinajstić information content (AvgIpc) is 2.88. The van der Waals surface area contributed by atoms with E-state index in [0.29, 0.717) is 5.56 Å². The van der Waals surface area contributed by atoms with Crippen molar-refractivity contribution in [2.45, 2.75) is 6.92 Å². The molecule has 0 unspecified atom stereocenters. The van der Waals surface area contributed by atoms with Gasteiger partial charge in [-0.1, -0.05) is 6.07 Å². The summed E-state index contributed by atoms with van der Waals surface area (Å²) < 4.78 is 4.45. The summed E-state index contributed by atoms with van der Waals surface area (Å²) in [5, 5.41) is 21.0. The number of aryl methyl sites for hydroxylation is 1. The van der Waals surface area contributed by atoms with Crippen molar-refractivity contribution in [1.29, 1.82) is 0 Å². The maximum atomic E-state index is 11.6. The predicted octanol–water partition coefficient (Wildman–Crippen LogP) is 1.51. The number of carbonyl (C=O) groups excluding carboxylic acids is 2. The number of rotatable bonds is 4. The molecular formula is C14H12N4O5S. The summed E-state index contributed by atoms with van der Waals surface area (Å²) in [4.78, 5) is 33.2. The highest BCUT2D eigenvalue weighted by molar-refractivity contribution is 8.18. The number of hydrogen-bond acceptors (Lipinski definition) is 8. The fourth-order valence-corrected chi connectivity index (χ4v) is 2.40. The molecule has 1 amide bonds. The number of benzene rings is 1. The molecule has 0 spiro atoms. The zero-order valence-corrected chi connectivity index (χ0v) is 13.5. The minimum Gasteiger partial charge on any atom is -0.466 e. The zero-order valence-electron chi connectivity index (χ0n) is 12.7.